The third-order valence-corrected chi connectivity index (χ3v) is 4.14. The van der Waals surface area contributed by atoms with Crippen molar-refractivity contribution in [1.82, 2.24) is 15.1 Å². The first-order valence-electron chi connectivity index (χ1n) is 7.65. The zero-order chi connectivity index (χ0) is 13.5. The highest BCUT2D eigenvalue weighted by Gasteiger charge is 2.16. The van der Waals surface area contributed by atoms with Gasteiger partial charge in [0.2, 0.25) is 0 Å². The standard InChI is InChI=1S/C15H33N3/c1-13(2)18(14(3)4)11-8-16-12-15-6-9-17(5)10-7-15/h13-16H,6-12H2,1-5H3. The Labute approximate surface area is 114 Å². The molecule has 0 amide bonds. The SMILES string of the molecule is CC(C)N(CCNCC1CCN(C)CC1)C(C)C. The van der Waals surface area contributed by atoms with Crippen molar-refractivity contribution in [2.75, 3.05) is 39.8 Å². The number of hydrogen-bond acceptors (Lipinski definition) is 3. The summed E-state index contributed by atoms with van der Waals surface area (Å²) in [6.07, 6.45) is 2.73. The van der Waals surface area contributed by atoms with E-state index in [0.29, 0.717) is 12.1 Å². The van der Waals surface area contributed by atoms with Gasteiger partial charge in [-0.1, -0.05) is 0 Å². The van der Waals surface area contributed by atoms with Crippen LogP contribution in [0.15, 0.2) is 0 Å². The summed E-state index contributed by atoms with van der Waals surface area (Å²) in [5.74, 6) is 0.896. The zero-order valence-corrected chi connectivity index (χ0v) is 13.1. The monoisotopic (exact) mass is 255 g/mol. The Morgan fingerprint density at radius 2 is 1.67 bits per heavy atom. The lowest BCUT2D eigenvalue weighted by Gasteiger charge is -2.32. The average Bonchev–Trinajstić information content (AvgIpc) is 2.30. The molecule has 1 N–H and O–H groups in total. The molecule has 0 bridgehead atoms. The predicted molar refractivity (Wildman–Crippen MR) is 80.1 cm³/mol. The summed E-state index contributed by atoms with van der Waals surface area (Å²) in [5.41, 5.74) is 0. The fourth-order valence-electron chi connectivity index (χ4n) is 2.89. The van der Waals surface area contributed by atoms with Gasteiger partial charge in [-0.25, -0.2) is 0 Å². The Morgan fingerprint density at radius 1 is 1.11 bits per heavy atom. The lowest BCUT2D eigenvalue weighted by molar-refractivity contribution is 0.171. The minimum absolute atomic E-state index is 0.648. The zero-order valence-electron chi connectivity index (χ0n) is 13.1. The van der Waals surface area contributed by atoms with Crippen molar-refractivity contribution in [3.05, 3.63) is 0 Å². The van der Waals surface area contributed by atoms with Crippen LogP contribution in [-0.2, 0) is 0 Å². The number of nitrogens with zero attached hydrogens (tertiary/aromatic N) is 2. The maximum Gasteiger partial charge on any atom is 0.0112 e. The van der Waals surface area contributed by atoms with Gasteiger partial charge in [0.05, 0.1) is 0 Å². The van der Waals surface area contributed by atoms with Gasteiger partial charge in [-0.05, 0) is 73.1 Å². The molecule has 0 aliphatic carbocycles. The summed E-state index contributed by atoms with van der Waals surface area (Å²) >= 11 is 0. The van der Waals surface area contributed by atoms with E-state index in [1.54, 1.807) is 0 Å². The van der Waals surface area contributed by atoms with E-state index in [4.69, 9.17) is 0 Å². The highest BCUT2D eigenvalue weighted by atomic mass is 15.2. The molecule has 1 aliphatic heterocycles. The second-order valence-electron chi connectivity index (χ2n) is 6.38. The minimum Gasteiger partial charge on any atom is -0.315 e. The molecule has 1 aliphatic rings. The van der Waals surface area contributed by atoms with Crippen LogP contribution in [0.25, 0.3) is 0 Å². The van der Waals surface area contributed by atoms with Crippen molar-refractivity contribution in [3.8, 4) is 0 Å². The van der Waals surface area contributed by atoms with E-state index in [1.165, 1.54) is 39.0 Å². The Hall–Kier alpha value is -0.120. The van der Waals surface area contributed by atoms with Crippen LogP contribution < -0.4 is 5.32 Å². The highest BCUT2D eigenvalue weighted by Crippen LogP contribution is 2.14. The lowest BCUT2D eigenvalue weighted by Crippen LogP contribution is -2.42. The molecule has 3 nitrogen and oxygen atoms in total. The second kappa shape index (κ2) is 8.13. The summed E-state index contributed by atoms with van der Waals surface area (Å²) in [7, 11) is 2.23. The predicted octanol–water partition coefficient (Wildman–Crippen LogP) is 2.04. The Balaban J connectivity index is 2.10. The van der Waals surface area contributed by atoms with E-state index in [0.717, 1.165) is 12.5 Å². The van der Waals surface area contributed by atoms with Crippen LogP contribution in [-0.4, -0.2) is 61.7 Å². The van der Waals surface area contributed by atoms with Gasteiger partial charge >= 0.3 is 0 Å². The molecule has 108 valence electrons. The van der Waals surface area contributed by atoms with Gasteiger partial charge in [0.15, 0.2) is 0 Å². The first kappa shape index (κ1) is 15.9. The van der Waals surface area contributed by atoms with Crippen molar-refractivity contribution in [2.24, 2.45) is 5.92 Å². The molecular weight excluding hydrogens is 222 g/mol. The van der Waals surface area contributed by atoms with Gasteiger partial charge in [-0.15, -0.1) is 0 Å². The smallest absolute Gasteiger partial charge is 0.0112 e. The van der Waals surface area contributed by atoms with Gasteiger partial charge in [0.25, 0.3) is 0 Å². The quantitative estimate of drug-likeness (QED) is 0.702. The van der Waals surface area contributed by atoms with Crippen molar-refractivity contribution in [1.29, 1.82) is 0 Å². The van der Waals surface area contributed by atoms with Gasteiger partial charge in [0.1, 0.15) is 0 Å². The van der Waals surface area contributed by atoms with Gasteiger partial charge in [0, 0.05) is 25.2 Å². The molecule has 0 atom stereocenters. The van der Waals surface area contributed by atoms with E-state index in [1.807, 2.05) is 0 Å². The molecule has 18 heavy (non-hydrogen) atoms. The topological polar surface area (TPSA) is 18.5 Å². The van der Waals surface area contributed by atoms with E-state index in [-0.39, 0.29) is 0 Å². The number of likely N-dealkylation sites (tertiary alicyclic amines) is 1. The van der Waals surface area contributed by atoms with Crippen LogP contribution in [0, 0.1) is 5.92 Å². The molecule has 0 radical (unpaired) electrons. The largest absolute Gasteiger partial charge is 0.315 e. The van der Waals surface area contributed by atoms with Crippen LogP contribution in [0.4, 0.5) is 0 Å². The fraction of sp³-hybridized carbons (Fsp3) is 1.00. The third kappa shape index (κ3) is 5.68. The highest BCUT2D eigenvalue weighted by molar-refractivity contribution is 4.73. The molecule has 3 heteroatoms. The summed E-state index contributed by atoms with van der Waals surface area (Å²) in [6, 6.07) is 1.30. The Morgan fingerprint density at radius 3 is 2.17 bits per heavy atom. The molecule has 0 spiro atoms. The molecule has 0 aromatic heterocycles. The maximum atomic E-state index is 3.65. The number of piperidine rings is 1. The van der Waals surface area contributed by atoms with Crippen LogP contribution in [0.5, 0.6) is 0 Å². The second-order valence-corrected chi connectivity index (χ2v) is 6.38. The molecule has 0 aromatic carbocycles. The van der Waals surface area contributed by atoms with Crippen LogP contribution in [0.3, 0.4) is 0 Å². The molecule has 1 rings (SSSR count). The van der Waals surface area contributed by atoms with Gasteiger partial charge < -0.3 is 10.2 Å². The van der Waals surface area contributed by atoms with Crippen LogP contribution >= 0.6 is 0 Å². The minimum atomic E-state index is 0.648. The third-order valence-electron chi connectivity index (χ3n) is 4.14. The molecule has 1 saturated heterocycles. The van der Waals surface area contributed by atoms with Crippen molar-refractivity contribution in [3.63, 3.8) is 0 Å². The van der Waals surface area contributed by atoms with E-state index >= 15 is 0 Å². The van der Waals surface area contributed by atoms with E-state index < -0.39 is 0 Å². The molecule has 0 unspecified atom stereocenters. The van der Waals surface area contributed by atoms with Gasteiger partial charge in [-0.2, -0.15) is 0 Å². The van der Waals surface area contributed by atoms with E-state index in [2.05, 4.69) is 49.9 Å². The Kier molecular flexibility index (Phi) is 7.20. The molecule has 1 fully saturated rings. The first-order valence-corrected chi connectivity index (χ1v) is 7.65. The summed E-state index contributed by atoms with van der Waals surface area (Å²) < 4.78 is 0. The normalized spacial score (nSPS) is 19.3. The molecule has 0 saturated carbocycles. The number of hydrogen-bond donors (Lipinski definition) is 1. The van der Waals surface area contributed by atoms with Crippen LogP contribution in [0.2, 0.25) is 0 Å². The molecule has 1 heterocycles. The fourth-order valence-corrected chi connectivity index (χ4v) is 2.89. The lowest BCUT2D eigenvalue weighted by atomic mass is 9.97. The van der Waals surface area contributed by atoms with E-state index in [9.17, 15) is 0 Å². The Bertz CT molecular complexity index is 200. The van der Waals surface area contributed by atoms with Gasteiger partial charge in [-0.3, -0.25) is 4.90 Å². The molecule has 0 aromatic rings. The molecular formula is C15H33N3. The first-order chi connectivity index (χ1) is 8.50. The number of rotatable bonds is 7. The maximum absolute atomic E-state index is 3.65. The van der Waals surface area contributed by atoms with Crippen molar-refractivity contribution in [2.45, 2.75) is 52.6 Å². The summed E-state index contributed by atoms with van der Waals surface area (Å²) in [5, 5.41) is 3.65. The van der Waals surface area contributed by atoms with Crippen molar-refractivity contribution >= 4 is 0 Å². The summed E-state index contributed by atoms with van der Waals surface area (Å²) in [6.45, 7) is 15.2. The average molecular weight is 255 g/mol. The summed E-state index contributed by atoms with van der Waals surface area (Å²) in [4.78, 5) is 5.00. The number of nitrogens with one attached hydrogen (secondary N) is 1. The van der Waals surface area contributed by atoms with Crippen molar-refractivity contribution < 1.29 is 0 Å². The van der Waals surface area contributed by atoms with Crippen LogP contribution in [0.1, 0.15) is 40.5 Å².